The summed E-state index contributed by atoms with van der Waals surface area (Å²) in [6, 6.07) is 2.87. The second-order valence-electron chi connectivity index (χ2n) is 4.22. The highest BCUT2D eigenvalue weighted by atomic mass is 35.5. The van der Waals surface area contributed by atoms with E-state index in [1.54, 1.807) is 6.07 Å². The molecule has 0 saturated heterocycles. The van der Waals surface area contributed by atoms with E-state index in [1.807, 2.05) is 6.92 Å². The minimum Gasteiger partial charge on any atom is -0.309 e. The maximum Gasteiger partial charge on any atom is 0.260 e. The van der Waals surface area contributed by atoms with E-state index in [1.165, 1.54) is 17.4 Å². The number of hydrogen-bond donors (Lipinski definition) is 1. The molecule has 0 aliphatic heterocycles. The van der Waals surface area contributed by atoms with E-state index in [0.717, 1.165) is 11.1 Å². The third-order valence-electron chi connectivity index (χ3n) is 2.90. The van der Waals surface area contributed by atoms with Gasteiger partial charge in [0.2, 0.25) is 0 Å². The average Bonchev–Trinajstić information content (AvgIpc) is 2.76. The Morgan fingerprint density at radius 1 is 1.45 bits per heavy atom. The molecule has 0 fully saturated rings. The van der Waals surface area contributed by atoms with Gasteiger partial charge in [-0.05, 0) is 19.1 Å². The first-order chi connectivity index (χ1) is 9.60. The van der Waals surface area contributed by atoms with Crippen molar-refractivity contribution < 1.29 is 4.39 Å². The monoisotopic (exact) mass is 309 g/mol. The zero-order chi connectivity index (χ0) is 14.3. The molecule has 3 heterocycles. The number of aromatic nitrogens is 3. The van der Waals surface area contributed by atoms with Crippen molar-refractivity contribution >= 4 is 33.2 Å². The molecule has 102 valence electrons. The van der Waals surface area contributed by atoms with Gasteiger partial charge in [-0.25, -0.2) is 9.37 Å². The smallest absolute Gasteiger partial charge is 0.260 e. The number of halogens is 2. The number of aromatic amines is 1. The maximum absolute atomic E-state index is 13.0. The Morgan fingerprint density at radius 2 is 2.25 bits per heavy atom. The summed E-state index contributed by atoms with van der Waals surface area (Å²) in [6.07, 6.45) is 1.13. The van der Waals surface area contributed by atoms with Gasteiger partial charge in [0.25, 0.3) is 5.56 Å². The standard InChI is InChI=1S/C13H9ClFN3OS/c1-6-10(8-3-2-7(15)5-16-8)11-12(19)17-9(4-14)18-13(11)20-6/h2-3,5H,4H2,1H3,(H,17,18,19). The summed E-state index contributed by atoms with van der Waals surface area (Å²) in [5, 5.41) is 0.473. The predicted molar refractivity (Wildman–Crippen MR) is 77.7 cm³/mol. The lowest BCUT2D eigenvalue weighted by molar-refractivity contribution is 0.622. The molecule has 0 radical (unpaired) electrons. The fourth-order valence-electron chi connectivity index (χ4n) is 2.06. The zero-order valence-electron chi connectivity index (χ0n) is 10.4. The van der Waals surface area contributed by atoms with Crippen LogP contribution in [0.25, 0.3) is 21.5 Å². The van der Waals surface area contributed by atoms with Gasteiger partial charge in [0, 0.05) is 10.4 Å². The third-order valence-corrected chi connectivity index (χ3v) is 4.15. The minimum atomic E-state index is -0.414. The summed E-state index contributed by atoms with van der Waals surface area (Å²) in [7, 11) is 0. The molecule has 0 amide bonds. The van der Waals surface area contributed by atoms with E-state index < -0.39 is 5.82 Å². The predicted octanol–water partition coefficient (Wildman–Crippen LogP) is 3.23. The molecule has 0 aliphatic carbocycles. The SMILES string of the molecule is Cc1sc2nc(CCl)[nH]c(=O)c2c1-c1ccc(F)cn1. The second-order valence-corrected chi connectivity index (χ2v) is 5.69. The number of fused-ring (bicyclic) bond motifs is 1. The van der Waals surface area contributed by atoms with E-state index in [9.17, 15) is 9.18 Å². The lowest BCUT2D eigenvalue weighted by Crippen LogP contribution is -2.10. The van der Waals surface area contributed by atoms with E-state index in [0.29, 0.717) is 27.3 Å². The summed E-state index contributed by atoms with van der Waals surface area (Å²) >= 11 is 7.10. The van der Waals surface area contributed by atoms with Crippen LogP contribution >= 0.6 is 22.9 Å². The summed E-state index contributed by atoms with van der Waals surface area (Å²) in [5.74, 6) is 0.165. The first-order valence-electron chi connectivity index (χ1n) is 5.80. The Kier molecular flexibility index (Phi) is 3.27. The highest BCUT2D eigenvalue weighted by Gasteiger charge is 2.17. The first-order valence-corrected chi connectivity index (χ1v) is 7.15. The lowest BCUT2D eigenvalue weighted by Gasteiger charge is -2.01. The fraction of sp³-hybridized carbons (Fsp3) is 0.154. The minimum absolute atomic E-state index is 0.145. The molecule has 0 spiro atoms. The number of thiophene rings is 1. The number of nitrogens with zero attached hydrogens (tertiary/aromatic N) is 2. The molecule has 20 heavy (non-hydrogen) atoms. The van der Waals surface area contributed by atoms with Crippen LogP contribution in [0.5, 0.6) is 0 Å². The summed E-state index contributed by atoms with van der Waals surface area (Å²) in [5.41, 5.74) is 0.997. The van der Waals surface area contributed by atoms with Crippen LogP contribution in [0.15, 0.2) is 23.1 Å². The highest BCUT2D eigenvalue weighted by molar-refractivity contribution is 7.19. The Balaban J connectivity index is 2.33. The van der Waals surface area contributed by atoms with Gasteiger partial charge in [-0.2, -0.15) is 0 Å². The number of pyridine rings is 1. The van der Waals surface area contributed by atoms with Gasteiger partial charge in [0.05, 0.1) is 23.2 Å². The number of aryl methyl sites for hydroxylation is 1. The molecule has 4 nitrogen and oxygen atoms in total. The molecule has 0 aromatic carbocycles. The van der Waals surface area contributed by atoms with Crippen molar-refractivity contribution in [1.29, 1.82) is 0 Å². The third kappa shape index (κ3) is 2.10. The van der Waals surface area contributed by atoms with Gasteiger partial charge >= 0.3 is 0 Å². The Morgan fingerprint density at radius 3 is 2.90 bits per heavy atom. The van der Waals surface area contributed by atoms with E-state index in [-0.39, 0.29) is 11.4 Å². The number of H-pyrrole nitrogens is 1. The van der Waals surface area contributed by atoms with Crippen molar-refractivity contribution in [2.45, 2.75) is 12.8 Å². The van der Waals surface area contributed by atoms with Gasteiger partial charge in [-0.15, -0.1) is 22.9 Å². The summed E-state index contributed by atoms with van der Waals surface area (Å²) in [6.45, 7) is 1.88. The van der Waals surface area contributed by atoms with Crippen molar-refractivity contribution in [1.82, 2.24) is 15.0 Å². The molecule has 0 aliphatic rings. The van der Waals surface area contributed by atoms with Gasteiger partial charge < -0.3 is 4.98 Å². The first kappa shape index (κ1) is 13.2. The highest BCUT2D eigenvalue weighted by Crippen LogP contribution is 2.34. The number of rotatable bonds is 2. The van der Waals surface area contributed by atoms with Crippen LogP contribution < -0.4 is 5.56 Å². The van der Waals surface area contributed by atoms with Crippen molar-refractivity contribution in [3.8, 4) is 11.3 Å². The number of nitrogens with one attached hydrogen (secondary N) is 1. The molecule has 3 aromatic rings. The molecule has 1 N–H and O–H groups in total. The van der Waals surface area contributed by atoms with Crippen LogP contribution in [-0.4, -0.2) is 15.0 Å². The van der Waals surface area contributed by atoms with E-state index >= 15 is 0 Å². The number of hydrogen-bond acceptors (Lipinski definition) is 4. The molecule has 3 rings (SSSR count). The largest absolute Gasteiger partial charge is 0.309 e. The summed E-state index contributed by atoms with van der Waals surface area (Å²) < 4.78 is 13.0. The van der Waals surface area contributed by atoms with Crippen molar-refractivity contribution in [3.63, 3.8) is 0 Å². The topological polar surface area (TPSA) is 58.6 Å². The van der Waals surface area contributed by atoms with Gasteiger partial charge in [0.15, 0.2) is 0 Å². The lowest BCUT2D eigenvalue weighted by atomic mass is 10.1. The normalized spacial score (nSPS) is 11.2. The Hall–Kier alpha value is -1.79. The van der Waals surface area contributed by atoms with Gasteiger partial charge in [-0.3, -0.25) is 9.78 Å². The molecular weight excluding hydrogens is 301 g/mol. The number of alkyl halides is 1. The van der Waals surface area contributed by atoms with Crippen LogP contribution in [0.2, 0.25) is 0 Å². The van der Waals surface area contributed by atoms with Gasteiger partial charge in [0.1, 0.15) is 16.5 Å². The van der Waals surface area contributed by atoms with Gasteiger partial charge in [-0.1, -0.05) is 0 Å². The van der Waals surface area contributed by atoms with Crippen molar-refractivity contribution in [2.24, 2.45) is 0 Å². The van der Waals surface area contributed by atoms with Crippen LogP contribution in [0.1, 0.15) is 10.7 Å². The molecular formula is C13H9ClFN3OS. The molecule has 7 heteroatoms. The Bertz CT molecular complexity index is 841. The average molecular weight is 310 g/mol. The zero-order valence-corrected chi connectivity index (χ0v) is 12.0. The van der Waals surface area contributed by atoms with Crippen molar-refractivity contribution in [3.05, 3.63) is 45.2 Å². The molecule has 0 atom stereocenters. The molecule has 0 unspecified atom stereocenters. The molecule has 0 bridgehead atoms. The van der Waals surface area contributed by atoms with Crippen LogP contribution in [0.3, 0.4) is 0 Å². The molecule has 3 aromatic heterocycles. The quantitative estimate of drug-likeness (QED) is 0.739. The van der Waals surface area contributed by atoms with Crippen LogP contribution in [0, 0.1) is 12.7 Å². The Labute approximate surface area is 122 Å². The summed E-state index contributed by atoms with van der Waals surface area (Å²) in [4.78, 5) is 24.7. The van der Waals surface area contributed by atoms with E-state index in [4.69, 9.17) is 11.6 Å². The van der Waals surface area contributed by atoms with E-state index in [2.05, 4.69) is 15.0 Å². The maximum atomic E-state index is 13.0. The van der Waals surface area contributed by atoms with Crippen molar-refractivity contribution in [2.75, 3.05) is 0 Å². The van der Waals surface area contributed by atoms with Crippen LogP contribution in [-0.2, 0) is 5.88 Å². The van der Waals surface area contributed by atoms with Crippen LogP contribution in [0.4, 0.5) is 4.39 Å². The molecule has 0 saturated carbocycles. The second kappa shape index (κ2) is 4.96. The fourth-order valence-corrected chi connectivity index (χ4v) is 3.24.